The Kier molecular flexibility index (Phi) is 4.51. The van der Waals surface area contributed by atoms with Crippen LogP contribution in [0.2, 0.25) is 0 Å². The first-order chi connectivity index (χ1) is 7.58. The summed E-state index contributed by atoms with van der Waals surface area (Å²) in [6.07, 6.45) is 0. The van der Waals surface area contributed by atoms with Gasteiger partial charge in [0.25, 0.3) is 5.91 Å². The Bertz CT molecular complexity index is 373. The number of nitrogens with one attached hydrogen (secondary N) is 1. The van der Waals surface area contributed by atoms with Crippen LogP contribution in [0.1, 0.15) is 6.92 Å². The zero-order valence-electron chi connectivity index (χ0n) is 9.13. The second kappa shape index (κ2) is 5.90. The van der Waals surface area contributed by atoms with E-state index in [4.69, 9.17) is 4.74 Å². The van der Waals surface area contributed by atoms with Gasteiger partial charge in [0.15, 0.2) is 6.61 Å². The summed E-state index contributed by atoms with van der Waals surface area (Å²) in [5, 5.41) is 2.63. The molecule has 0 aliphatic carbocycles. The molecular weight excluding hydrogens is 209 g/mol. The van der Waals surface area contributed by atoms with Gasteiger partial charge in [0.1, 0.15) is 11.6 Å². The average molecular weight is 223 g/mol. The van der Waals surface area contributed by atoms with Crippen molar-refractivity contribution in [2.75, 3.05) is 13.2 Å². The van der Waals surface area contributed by atoms with Crippen molar-refractivity contribution < 1.29 is 13.9 Å². The number of halogens is 1. The van der Waals surface area contributed by atoms with Gasteiger partial charge in [-0.15, -0.1) is 0 Å². The van der Waals surface area contributed by atoms with E-state index in [-0.39, 0.29) is 18.3 Å². The highest BCUT2D eigenvalue weighted by Gasteiger charge is 2.01. The SMILES string of the molecule is C=C(C)CNC(=O)COc1ccc(F)cc1. The largest absolute Gasteiger partial charge is 0.484 e. The Labute approximate surface area is 93.9 Å². The summed E-state index contributed by atoms with van der Waals surface area (Å²) in [5.74, 6) is -0.0988. The lowest BCUT2D eigenvalue weighted by Crippen LogP contribution is -2.29. The molecule has 0 aliphatic rings. The van der Waals surface area contributed by atoms with Crippen molar-refractivity contribution >= 4 is 5.91 Å². The quantitative estimate of drug-likeness (QED) is 0.774. The Hall–Kier alpha value is -1.84. The summed E-state index contributed by atoms with van der Waals surface area (Å²) in [6.45, 7) is 5.83. The van der Waals surface area contributed by atoms with E-state index in [2.05, 4.69) is 11.9 Å². The topological polar surface area (TPSA) is 38.3 Å². The summed E-state index contributed by atoms with van der Waals surface area (Å²) in [7, 11) is 0. The molecule has 1 aromatic carbocycles. The van der Waals surface area contributed by atoms with Gasteiger partial charge in [0, 0.05) is 6.54 Å². The van der Waals surface area contributed by atoms with Gasteiger partial charge in [0.2, 0.25) is 0 Å². The van der Waals surface area contributed by atoms with Crippen molar-refractivity contribution in [1.29, 1.82) is 0 Å². The highest BCUT2D eigenvalue weighted by molar-refractivity contribution is 5.77. The fourth-order valence-electron chi connectivity index (χ4n) is 0.980. The predicted octanol–water partition coefficient (Wildman–Crippen LogP) is 1.90. The van der Waals surface area contributed by atoms with Crippen LogP contribution in [0.15, 0.2) is 36.4 Å². The zero-order chi connectivity index (χ0) is 12.0. The molecule has 0 bridgehead atoms. The van der Waals surface area contributed by atoms with Crippen LogP contribution in [0.5, 0.6) is 5.75 Å². The number of rotatable bonds is 5. The van der Waals surface area contributed by atoms with Gasteiger partial charge in [-0.1, -0.05) is 12.2 Å². The monoisotopic (exact) mass is 223 g/mol. The average Bonchev–Trinajstić information content (AvgIpc) is 2.25. The normalized spacial score (nSPS) is 9.62. The van der Waals surface area contributed by atoms with Gasteiger partial charge in [0.05, 0.1) is 0 Å². The van der Waals surface area contributed by atoms with Crippen LogP contribution >= 0.6 is 0 Å². The molecule has 16 heavy (non-hydrogen) atoms. The van der Waals surface area contributed by atoms with Crippen molar-refractivity contribution in [3.05, 3.63) is 42.2 Å². The molecule has 0 aromatic heterocycles. The van der Waals surface area contributed by atoms with Crippen LogP contribution in [0.4, 0.5) is 4.39 Å². The standard InChI is InChI=1S/C12H14FNO2/c1-9(2)7-14-12(15)8-16-11-5-3-10(13)4-6-11/h3-6H,1,7-8H2,2H3,(H,14,15). The molecule has 1 amide bonds. The molecule has 4 heteroatoms. The Morgan fingerprint density at radius 3 is 2.62 bits per heavy atom. The van der Waals surface area contributed by atoms with Crippen molar-refractivity contribution in [1.82, 2.24) is 5.32 Å². The highest BCUT2D eigenvalue weighted by Crippen LogP contribution is 2.10. The molecule has 3 nitrogen and oxygen atoms in total. The molecular formula is C12H14FNO2. The third kappa shape index (κ3) is 4.59. The van der Waals surface area contributed by atoms with Crippen LogP contribution in [-0.2, 0) is 4.79 Å². The van der Waals surface area contributed by atoms with E-state index in [1.165, 1.54) is 24.3 Å². The second-order valence-corrected chi connectivity index (χ2v) is 3.48. The molecule has 1 rings (SSSR count). The van der Waals surface area contributed by atoms with Gasteiger partial charge in [-0.25, -0.2) is 4.39 Å². The molecule has 86 valence electrons. The van der Waals surface area contributed by atoms with Gasteiger partial charge in [-0.2, -0.15) is 0 Å². The molecule has 0 heterocycles. The molecule has 0 saturated carbocycles. The van der Waals surface area contributed by atoms with Gasteiger partial charge < -0.3 is 10.1 Å². The maximum absolute atomic E-state index is 12.6. The first kappa shape index (κ1) is 12.2. The minimum atomic E-state index is -0.334. The van der Waals surface area contributed by atoms with Crippen molar-refractivity contribution in [2.45, 2.75) is 6.92 Å². The van der Waals surface area contributed by atoms with E-state index in [1.807, 2.05) is 6.92 Å². The van der Waals surface area contributed by atoms with Crippen LogP contribution in [0, 0.1) is 5.82 Å². The van der Waals surface area contributed by atoms with Crippen LogP contribution in [0.3, 0.4) is 0 Å². The van der Waals surface area contributed by atoms with Gasteiger partial charge in [-0.3, -0.25) is 4.79 Å². The summed E-state index contributed by atoms with van der Waals surface area (Å²) in [6, 6.07) is 5.50. The molecule has 0 fully saturated rings. The smallest absolute Gasteiger partial charge is 0.258 e. The second-order valence-electron chi connectivity index (χ2n) is 3.48. The van der Waals surface area contributed by atoms with E-state index in [0.29, 0.717) is 12.3 Å². The van der Waals surface area contributed by atoms with Gasteiger partial charge >= 0.3 is 0 Å². The maximum Gasteiger partial charge on any atom is 0.258 e. The third-order valence-electron chi connectivity index (χ3n) is 1.77. The minimum absolute atomic E-state index is 0.0844. The van der Waals surface area contributed by atoms with E-state index in [0.717, 1.165) is 5.57 Å². The van der Waals surface area contributed by atoms with E-state index >= 15 is 0 Å². The molecule has 0 spiro atoms. The van der Waals surface area contributed by atoms with Crippen molar-refractivity contribution in [3.63, 3.8) is 0 Å². The molecule has 1 aromatic rings. The third-order valence-corrected chi connectivity index (χ3v) is 1.77. The fraction of sp³-hybridized carbons (Fsp3) is 0.250. The lowest BCUT2D eigenvalue weighted by atomic mass is 10.3. The van der Waals surface area contributed by atoms with Crippen LogP contribution in [-0.4, -0.2) is 19.1 Å². The summed E-state index contributed by atoms with van der Waals surface area (Å²) < 4.78 is 17.7. The van der Waals surface area contributed by atoms with E-state index in [9.17, 15) is 9.18 Å². The molecule has 0 saturated heterocycles. The molecule has 0 aliphatic heterocycles. The Morgan fingerprint density at radius 2 is 2.06 bits per heavy atom. The Balaban J connectivity index is 2.31. The van der Waals surface area contributed by atoms with Gasteiger partial charge in [-0.05, 0) is 31.2 Å². The number of amides is 1. The van der Waals surface area contributed by atoms with Crippen molar-refractivity contribution in [2.24, 2.45) is 0 Å². The molecule has 1 N–H and O–H groups in total. The summed E-state index contributed by atoms with van der Waals surface area (Å²) in [4.78, 5) is 11.2. The van der Waals surface area contributed by atoms with Crippen LogP contribution in [0.25, 0.3) is 0 Å². The first-order valence-corrected chi connectivity index (χ1v) is 4.87. The Morgan fingerprint density at radius 1 is 1.44 bits per heavy atom. The molecule has 0 unspecified atom stereocenters. The lowest BCUT2D eigenvalue weighted by Gasteiger charge is -2.06. The first-order valence-electron chi connectivity index (χ1n) is 4.87. The van der Waals surface area contributed by atoms with Crippen LogP contribution < -0.4 is 10.1 Å². The number of carbonyl (C=O) groups excluding carboxylic acids is 1. The fourth-order valence-corrected chi connectivity index (χ4v) is 0.980. The van der Waals surface area contributed by atoms with E-state index in [1.54, 1.807) is 0 Å². The van der Waals surface area contributed by atoms with Crippen molar-refractivity contribution in [3.8, 4) is 5.75 Å². The summed E-state index contributed by atoms with van der Waals surface area (Å²) >= 11 is 0. The maximum atomic E-state index is 12.6. The minimum Gasteiger partial charge on any atom is -0.484 e. The molecule has 0 atom stereocenters. The van der Waals surface area contributed by atoms with E-state index < -0.39 is 0 Å². The summed E-state index contributed by atoms with van der Waals surface area (Å²) in [5.41, 5.74) is 0.870. The zero-order valence-corrected chi connectivity index (χ0v) is 9.13. The predicted molar refractivity (Wildman–Crippen MR) is 59.7 cm³/mol. The molecule has 0 radical (unpaired) electrons. The number of hydrogen-bond donors (Lipinski definition) is 1. The lowest BCUT2D eigenvalue weighted by molar-refractivity contribution is -0.122. The number of ether oxygens (including phenoxy) is 1. The number of benzene rings is 1. The highest BCUT2D eigenvalue weighted by atomic mass is 19.1. The number of hydrogen-bond acceptors (Lipinski definition) is 2. The number of carbonyl (C=O) groups is 1.